The molecule has 4 aromatic rings. The highest BCUT2D eigenvalue weighted by atomic mass is 16.2. The minimum atomic E-state index is -0.312. The van der Waals surface area contributed by atoms with E-state index in [9.17, 15) is 14.9 Å². The predicted molar refractivity (Wildman–Crippen MR) is 102 cm³/mol. The van der Waals surface area contributed by atoms with Gasteiger partial charge in [0.15, 0.2) is 0 Å². The van der Waals surface area contributed by atoms with Gasteiger partial charge in [-0.3, -0.25) is 14.5 Å². The number of amides is 2. The second kappa shape index (κ2) is 5.29. The SMILES string of the molecule is CN1C(=O)c2cccc(-n3c4ccccc4c4ccc(C#N)cc43)c2C1=O. The lowest BCUT2D eigenvalue weighted by Crippen LogP contribution is -2.24. The van der Waals surface area contributed by atoms with Crippen molar-refractivity contribution in [2.24, 2.45) is 0 Å². The monoisotopic (exact) mass is 351 g/mol. The molecule has 2 heterocycles. The summed E-state index contributed by atoms with van der Waals surface area (Å²) in [5.41, 5.74) is 3.75. The van der Waals surface area contributed by atoms with Gasteiger partial charge in [-0.25, -0.2) is 0 Å². The van der Waals surface area contributed by atoms with Gasteiger partial charge < -0.3 is 4.57 Å². The van der Waals surface area contributed by atoms with Crippen molar-refractivity contribution in [3.63, 3.8) is 0 Å². The number of fused-ring (bicyclic) bond motifs is 4. The quantitative estimate of drug-likeness (QED) is 0.489. The van der Waals surface area contributed by atoms with Crippen LogP contribution >= 0.6 is 0 Å². The van der Waals surface area contributed by atoms with Crippen LogP contribution < -0.4 is 0 Å². The van der Waals surface area contributed by atoms with E-state index in [1.807, 2.05) is 47.0 Å². The summed E-state index contributed by atoms with van der Waals surface area (Å²) in [5, 5.41) is 11.4. The van der Waals surface area contributed by atoms with Gasteiger partial charge in [0.05, 0.1) is 39.5 Å². The molecule has 2 amide bonds. The first-order valence-electron chi connectivity index (χ1n) is 8.51. The van der Waals surface area contributed by atoms with Crippen molar-refractivity contribution in [2.75, 3.05) is 7.05 Å². The van der Waals surface area contributed by atoms with Gasteiger partial charge in [-0.05, 0) is 30.3 Å². The Morgan fingerprint density at radius 3 is 2.44 bits per heavy atom. The van der Waals surface area contributed by atoms with Crippen molar-refractivity contribution in [1.82, 2.24) is 9.47 Å². The van der Waals surface area contributed by atoms with Gasteiger partial charge in [0.2, 0.25) is 0 Å². The molecule has 0 saturated carbocycles. The van der Waals surface area contributed by atoms with Crippen molar-refractivity contribution < 1.29 is 9.59 Å². The normalized spacial score (nSPS) is 13.4. The molecule has 1 aliphatic rings. The van der Waals surface area contributed by atoms with Crippen LogP contribution in [0, 0.1) is 11.3 Å². The Bertz CT molecular complexity index is 1340. The molecule has 0 fully saturated rings. The van der Waals surface area contributed by atoms with E-state index in [0.717, 1.165) is 26.7 Å². The molecule has 5 nitrogen and oxygen atoms in total. The van der Waals surface area contributed by atoms with Crippen molar-refractivity contribution >= 4 is 33.6 Å². The summed E-state index contributed by atoms with van der Waals surface area (Å²) in [4.78, 5) is 26.3. The zero-order chi connectivity index (χ0) is 18.7. The first kappa shape index (κ1) is 15.4. The van der Waals surface area contributed by atoms with Crippen molar-refractivity contribution in [3.8, 4) is 11.8 Å². The number of imide groups is 1. The van der Waals surface area contributed by atoms with Gasteiger partial charge in [-0.2, -0.15) is 5.26 Å². The average molecular weight is 351 g/mol. The topological polar surface area (TPSA) is 66.1 Å². The van der Waals surface area contributed by atoms with Gasteiger partial charge in [0, 0.05) is 17.8 Å². The molecule has 0 bridgehead atoms. The van der Waals surface area contributed by atoms with Crippen LogP contribution in [0.1, 0.15) is 26.3 Å². The van der Waals surface area contributed by atoms with Crippen LogP contribution in [0.15, 0.2) is 60.7 Å². The standard InChI is InChI=1S/C22H13N3O2/c1-24-21(26)16-6-4-8-18(20(16)22(24)27)25-17-7-3-2-5-14(17)15-10-9-13(12-23)11-19(15)25/h2-11H,1H3. The molecule has 0 spiro atoms. The van der Waals surface area contributed by atoms with E-state index in [0.29, 0.717) is 22.4 Å². The summed E-state index contributed by atoms with van der Waals surface area (Å²) in [6.07, 6.45) is 0. The number of nitrogens with zero attached hydrogens (tertiary/aromatic N) is 3. The van der Waals surface area contributed by atoms with E-state index >= 15 is 0 Å². The maximum atomic E-state index is 12.8. The largest absolute Gasteiger partial charge is 0.308 e. The van der Waals surface area contributed by atoms with Gasteiger partial charge in [-0.1, -0.05) is 30.3 Å². The lowest BCUT2D eigenvalue weighted by molar-refractivity contribution is 0.0693. The number of hydrogen-bond donors (Lipinski definition) is 0. The molecule has 1 aliphatic heterocycles. The number of para-hydroxylation sites is 1. The molecule has 0 atom stereocenters. The van der Waals surface area contributed by atoms with Crippen LogP contribution in [0.3, 0.4) is 0 Å². The number of carbonyl (C=O) groups excluding carboxylic acids is 2. The van der Waals surface area contributed by atoms with Crippen LogP contribution in [-0.4, -0.2) is 28.3 Å². The average Bonchev–Trinajstić information content (AvgIpc) is 3.15. The third-order valence-corrected chi connectivity index (χ3v) is 5.14. The molecule has 0 aliphatic carbocycles. The fourth-order valence-corrected chi connectivity index (χ4v) is 3.87. The summed E-state index contributed by atoms with van der Waals surface area (Å²) in [5.74, 6) is -0.608. The van der Waals surface area contributed by atoms with Crippen LogP contribution in [0.4, 0.5) is 0 Å². The molecule has 27 heavy (non-hydrogen) atoms. The number of rotatable bonds is 1. The van der Waals surface area contributed by atoms with E-state index < -0.39 is 0 Å². The molecule has 0 unspecified atom stereocenters. The van der Waals surface area contributed by atoms with Gasteiger partial charge >= 0.3 is 0 Å². The molecular formula is C22H13N3O2. The number of carbonyl (C=O) groups is 2. The smallest absolute Gasteiger partial charge is 0.263 e. The van der Waals surface area contributed by atoms with Gasteiger partial charge in [0.25, 0.3) is 11.8 Å². The number of hydrogen-bond acceptors (Lipinski definition) is 3. The molecule has 0 N–H and O–H groups in total. The van der Waals surface area contributed by atoms with Gasteiger partial charge in [0.1, 0.15) is 0 Å². The van der Waals surface area contributed by atoms with E-state index in [2.05, 4.69) is 6.07 Å². The first-order chi connectivity index (χ1) is 13.1. The highest BCUT2D eigenvalue weighted by molar-refractivity contribution is 6.23. The molecule has 3 aromatic carbocycles. The number of nitriles is 1. The minimum absolute atomic E-state index is 0.296. The maximum Gasteiger partial charge on any atom is 0.263 e. The third-order valence-electron chi connectivity index (χ3n) is 5.14. The third kappa shape index (κ3) is 1.92. The van der Waals surface area contributed by atoms with Crippen molar-refractivity contribution in [2.45, 2.75) is 0 Å². The zero-order valence-corrected chi connectivity index (χ0v) is 14.4. The van der Waals surface area contributed by atoms with E-state index in [1.54, 1.807) is 18.2 Å². The predicted octanol–water partition coefficient (Wildman–Crippen LogP) is 3.88. The zero-order valence-electron chi connectivity index (χ0n) is 14.4. The Morgan fingerprint density at radius 2 is 1.63 bits per heavy atom. The summed E-state index contributed by atoms with van der Waals surface area (Å²) < 4.78 is 1.97. The summed E-state index contributed by atoms with van der Waals surface area (Å²) in [6.45, 7) is 0. The Balaban J connectivity index is 1.97. The fourth-order valence-electron chi connectivity index (χ4n) is 3.87. The second-order valence-electron chi connectivity index (χ2n) is 6.57. The summed E-state index contributed by atoms with van der Waals surface area (Å²) in [7, 11) is 1.49. The molecule has 0 radical (unpaired) electrons. The van der Waals surface area contributed by atoms with Crippen molar-refractivity contribution in [3.05, 3.63) is 77.4 Å². The highest BCUT2D eigenvalue weighted by Crippen LogP contribution is 2.36. The number of benzene rings is 3. The highest BCUT2D eigenvalue weighted by Gasteiger charge is 2.35. The lowest BCUT2D eigenvalue weighted by atomic mass is 10.1. The summed E-state index contributed by atoms with van der Waals surface area (Å²) >= 11 is 0. The molecule has 128 valence electrons. The van der Waals surface area contributed by atoms with Crippen LogP contribution in [0.5, 0.6) is 0 Å². The van der Waals surface area contributed by atoms with Crippen LogP contribution in [0.25, 0.3) is 27.5 Å². The Morgan fingerprint density at radius 1 is 0.852 bits per heavy atom. The Labute approximate surface area is 154 Å². The lowest BCUT2D eigenvalue weighted by Gasteiger charge is -2.11. The Hall–Kier alpha value is -3.91. The first-order valence-corrected chi connectivity index (χ1v) is 8.51. The molecule has 5 rings (SSSR count). The number of aromatic nitrogens is 1. The van der Waals surface area contributed by atoms with E-state index in [4.69, 9.17) is 0 Å². The Kier molecular flexibility index (Phi) is 3.01. The van der Waals surface area contributed by atoms with Crippen LogP contribution in [0.2, 0.25) is 0 Å². The van der Waals surface area contributed by atoms with Crippen molar-refractivity contribution in [1.29, 1.82) is 5.26 Å². The molecule has 5 heteroatoms. The maximum absolute atomic E-state index is 12.8. The molecule has 1 aromatic heterocycles. The molecule has 0 saturated heterocycles. The summed E-state index contributed by atoms with van der Waals surface area (Å²) in [6, 6.07) is 20.9. The minimum Gasteiger partial charge on any atom is -0.308 e. The van der Waals surface area contributed by atoms with Crippen LogP contribution in [-0.2, 0) is 0 Å². The fraction of sp³-hybridized carbons (Fsp3) is 0.0455. The van der Waals surface area contributed by atoms with E-state index in [-0.39, 0.29) is 11.8 Å². The van der Waals surface area contributed by atoms with E-state index in [1.165, 1.54) is 7.05 Å². The van der Waals surface area contributed by atoms with Gasteiger partial charge in [-0.15, -0.1) is 0 Å². The second-order valence-corrected chi connectivity index (χ2v) is 6.57. The molecular weight excluding hydrogens is 338 g/mol.